The normalized spacial score (nSPS) is 24.2. The minimum Gasteiger partial charge on any atom is -0.414 e. The number of rotatable bonds is 8. The number of aromatic nitrogens is 2. The molecule has 220 valence electrons. The van der Waals surface area contributed by atoms with Gasteiger partial charge in [-0.2, -0.15) is 0 Å². The average molecular weight is 603 g/mol. The minimum absolute atomic E-state index is 0.00570. The Labute approximate surface area is 239 Å². The van der Waals surface area contributed by atoms with Crippen molar-refractivity contribution in [3.05, 3.63) is 27.4 Å². The second-order valence-corrected chi connectivity index (χ2v) is 30.0. The zero-order chi connectivity index (χ0) is 29.7. The number of hydrogen-bond acceptors (Lipinski definition) is 6. The molecule has 0 aromatic carbocycles. The lowest BCUT2D eigenvalue weighted by atomic mass is 10.1. The van der Waals surface area contributed by atoms with E-state index in [2.05, 4.69) is 107 Å². The Morgan fingerprint density at radius 3 is 1.71 bits per heavy atom. The topological polar surface area (TPSA) is 74.7 Å². The van der Waals surface area contributed by atoms with Crippen molar-refractivity contribution in [3.8, 4) is 0 Å². The molecule has 0 unspecified atom stereocenters. The van der Waals surface area contributed by atoms with Crippen LogP contribution in [0.1, 0.15) is 68.5 Å². The van der Waals surface area contributed by atoms with Gasteiger partial charge in [-0.3, -0.25) is 14.3 Å². The number of ether oxygens (including phenoxy) is 1. The summed E-state index contributed by atoms with van der Waals surface area (Å²) in [4.78, 5) is 14.7. The maximum absolute atomic E-state index is 12.0. The summed E-state index contributed by atoms with van der Waals surface area (Å²) in [5.41, 5.74) is -0.238. The first-order valence-corrected chi connectivity index (χ1v) is 22.9. The molecule has 1 aliphatic rings. The van der Waals surface area contributed by atoms with E-state index in [0.717, 1.165) is 0 Å². The molecular weight excluding hydrogens is 549 g/mol. The molecule has 0 radical (unpaired) electrons. The fourth-order valence-corrected chi connectivity index (χ4v) is 7.39. The summed E-state index contributed by atoms with van der Waals surface area (Å²) in [5, 5.41) is 0.0618. The smallest absolute Gasteiger partial charge is 0.251 e. The molecule has 4 atom stereocenters. The number of H-pyrrole nitrogens is 1. The molecule has 0 spiro atoms. The lowest BCUT2D eigenvalue weighted by molar-refractivity contribution is -0.0501. The van der Waals surface area contributed by atoms with Crippen LogP contribution in [0.2, 0.25) is 54.4 Å². The summed E-state index contributed by atoms with van der Waals surface area (Å²) >= 11 is 5.59. The van der Waals surface area contributed by atoms with Crippen molar-refractivity contribution in [2.45, 2.75) is 141 Å². The zero-order valence-corrected chi connectivity index (χ0v) is 30.4. The highest BCUT2D eigenvalue weighted by Crippen LogP contribution is 2.46. The van der Waals surface area contributed by atoms with Crippen molar-refractivity contribution in [2.75, 3.05) is 6.61 Å². The van der Waals surface area contributed by atoms with Gasteiger partial charge >= 0.3 is 0 Å². The van der Waals surface area contributed by atoms with Gasteiger partial charge in [-0.25, -0.2) is 0 Å². The highest BCUT2D eigenvalue weighted by Gasteiger charge is 2.55. The van der Waals surface area contributed by atoms with E-state index >= 15 is 0 Å². The Bertz CT molecular complexity index is 1080. The van der Waals surface area contributed by atoms with Crippen molar-refractivity contribution in [1.82, 2.24) is 9.55 Å². The molecule has 11 heteroatoms. The van der Waals surface area contributed by atoms with Crippen molar-refractivity contribution < 1.29 is 18.0 Å². The van der Waals surface area contributed by atoms with Crippen molar-refractivity contribution in [3.63, 3.8) is 0 Å². The molecule has 1 fully saturated rings. The Morgan fingerprint density at radius 2 is 1.29 bits per heavy atom. The largest absolute Gasteiger partial charge is 0.414 e. The average Bonchev–Trinajstić information content (AvgIpc) is 3.00. The molecule has 7 nitrogen and oxygen atoms in total. The van der Waals surface area contributed by atoms with Crippen LogP contribution in [0.4, 0.5) is 0 Å². The van der Waals surface area contributed by atoms with Gasteiger partial charge in [0.1, 0.15) is 18.3 Å². The predicted molar refractivity (Wildman–Crippen MR) is 167 cm³/mol. The lowest BCUT2D eigenvalue weighted by Gasteiger charge is -2.44. The Balaban J connectivity index is 2.65. The van der Waals surface area contributed by atoms with Gasteiger partial charge in [0.2, 0.25) is 0 Å². The molecule has 2 rings (SSSR count). The van der Waals surface area contributed by atoms with Gasteiger partial charge < -0.3 is 18.0 Å². The number of aromatic amines is 1. The Kier molecular flexibility index (Phi) is 9.88. The predicted octanol–water partition coefficient (Wildman–Crippen LogP) is 7.61. The monoisotopic (exact) mass is 602 g/mol. The van der Waals surface area contributed by atoms with E-state index in [4.69, 9.17) is 30.2 Å². The van der Waals surface area contributed by atoms with E-state index in [9.17, 15) is 4.79 Å². The zero-order valence-electron chi connectivity index (χ0n) is 26.6. The molecule has 1 saturated heterocycles. The van der Waals surface area contributed by atoms with Gasteiger partial charge in [0.25, 0.3) is 5.56 Å². The van der Waals surface area contributed by atoms with E-state index in [0.29, 0.717) is 11.4 Å². The summed E-state index contributed by atoms with van der Waals surface area (Å²) < 4.78 is 29.9. The summed E-state index contributed by atoms with van der Waals surface area (Å²) in [5.74, 6) is 0. The maximum atomic E-state index is 12.0. The molecule has 1 aromatic rings. The van der Waals surface area contributed by atoms with E-state index in [-0.39, 0.29) is 32.9 Å². The molecule has 0 saturated carbocycles. The van der Waals surface area contributed by atoms with Crippen LogP contribution in [0, 0.1) is 4.77 Å². The fraction of sp³-hybridized carbons (Fsp3) is 0.852. The highest BCUT2D eigenvalue weighted by molar-refractivity contribution is 7.71. The lowest BCUT2D eigenvalue weighted by Crippen LogP contribution is -2.54. The van der Waals surface area contributed by atoms with Crippen LogP contribution in [-0.4, -0.2) is 59.4 Å². The van der Waals surface area contributed by atoms with Crippen LogP contribution in [-0.2, 0) is 18.0 Å². The van der Waals surface area contributed by atoms with Gasteiger partial charge in [0.15, 0.2) is 36.0 Å². The van der Waals surface area contributed by atoms with Crippen molar-refractivity contribution in [1.29, 1.82) is 0 Å². The molecule has 1 N–H and O–H groups in total. The number of nitrogens with zero attached hydrogens (tertiary/aromatic N) is 1. The van der Waals surface area contributed by atoms with Crippen LogP contribution in [0.5, 0.6) is 0 Å². The quantitative estimate of drug-likeness (QED) is 0.244. The van der Waals surface area contributed by atoms with Crippen LogP contribution >= 0.6 is 12.2 Å². The Morgan fingerprint density at radius 1 is 0.842 bits per heavy atom. The molecule has 1 aromatic heterocycles. The first-order chi connectivity index (χ1) is 16.8. The second-order valence-electron chi connectivity index (χ2n) is 15.3. The van der Waals surface area contributed by atoms with E-state index in [1.807, 2.05) is 4.57 Å². The van der Waals surface area contributed by atoms with Gasteiger partial charge in [0.05, 0.1) is 6.61 Å². The first-order valence-electron chi connectivity index (χ1n) is 13.8. The molecule has 2 heterocycles. The molecule has 0 bridgehead atoms. The summed E-state index contributed by atoms with van der Waals surface area (Å²) in [6, 6.07) is 1.48. The SMILES string of the molecule is CC(C)(C)[Si](C)(C)OC[C@H]1O[C@@H](n2ccc(=O)[nH]c2=S)[C@H](O[Si](C)(C)C(C)(C)C)[C@@H]1O[Si](C)(C)C(C)(C)C. The third kappa shape index (κ3) is 7.45. The maximum Gasteiger partial charge on any atom is 0.251 e. The number of hydrogen-bond donors (Lipinski definition) is 1. The van der Waals surface area contributed by atoms with Crippen molar-refractivity contribution >= 4 is 37.2 Å². The highest BCUT2D eigenvalue weighted by atomic mass is 32.1. The summed E-state index contributed by atoms with van der Waals surface area (Å²) in [7, 11) is -6.52. The van der Waals surface area contributed by atoms with E-state index in [1.165, 1.54) is 6.07 Å². The van der Waals surface area contributed by atoms with Gasteiger partial charge in [-0.15, -0.1) is 0 Å². The van der Waals surface area contributed by atoms with Crippen LogP contribution in [0.3, 0.4) is 0 Å². The molecule has 1 aliphatic heterocycles. The molecule has 0 amide bonds. The van der Waals surface area contributed by atoms with Crippen molar-refractivity contribution in [2.24, 2.45) is 0 Å². The van der Waals surface area contributed by atoms with Crippen LogP contribution < -0.4 is 5.56 Å². The van der Waals surface area contributed by atoms with Crippen LogP contribution in [0.25, 0.3) is 0 Å². The molecular formula is C27H54N2O5SSi3. The minimum atomic E-state index is -2.25. The van der Waals surface area contributed by atoms with Gasteiger partial charge in [-0.1, -0.05) is 62.3 Å². The first kappa shape index (κ1) is 33.8. The molecule has 38 heavy (non-hydrogen) atoms. The summed E-state index contributed by atoms with van der Waals surface area (Å²) in [6.07, 6.45) is 0.0706. The molecule has 0 aliphatic carbocycles. The van der Waals surface area contributed by atoms with Gasteiger partial charge in [-0.05, 0) is 66.6 Å². The second kappa shape index (κ2) is 11.1. The number of nitrogens with one attached hydrogen (secondary N) is 1. The fourth-order valence-electron chi connectivity index (χ4n) is 3.50. The van der Waals surface area contributed by atoms with Gasteiger partial charge in [0, 0.05) is 12.3 Å². The third-order valence-electron chi connectivity index (χ3n) is 9.30. The van der Waals surface area contributed by atoms with Crippen LogP contribution in [0.15, 0.2) is 17.1 Å². The Hall–Kier alpha value is -0.409. The summed E-state index contributed by atoms with van der Waals surface area (Å²) in [6.45, 7) is 34.1. The standard InChI is InChI=1S/C27H54N2O5SSi3/c1-25(2,3)36(10,11)31-18-19-21(33-37(12,13)26(4,5)6)22(34-38(14,15)27(7,8)9)23(32-19)29-17-16-20(30)28-24(29)35/h16-17,19,21-23H,18H2,1-15H3,(H,28,30,35)/t19-,21-,22-,23-/m1/s1. The third-order valence-corrected chi connectivity index (χ3v) is 23.1. The van der Waals surface area contributed by atoms with E-state index < -0.39 is 37.3 Å². The van der Waals surface area contributed by atoms with E-state index in [1.54, 1.807) is 6.20 Å².